The monoisotopic (exact) mass is 398 g/mol. The second-order valence-corrected chi connectivity index (χ2v) is 6.33. The maximum absolute atomic E-state index is 14.3. The van der Waals surface area contributed by atoms with Crippen LogP contribution < -0.4 is 9.47 Å². The molecule has 29 heavy (non-hydrogen) atoms. The molecule has 0 radical (unpaired) electrons. The van der Waals surface area contributed by atoms with Gasteiger partial charge in [0.05, 0.1) is 6.61 Å². The zero-order chi connectivity index (χ0) is 20.8. The van der Waals surface area contributed by atoms with Crippen molar-refractivity contribution in [2.75, 3.05) is 6.61 Å². The number of rotatable bonds is 7. The first kappa shape index (κ1) is 20.5. The standard InChI is InChI=1S/C24H21F3O2/c1-3-5-17-6-7-18(24(27)23(17)26)15-29-19-10-8-16(9-11-19)21-13-12-20(28-4-2)14-22(21)25/h3,5-14H,4,15H2,1-2H3/b5-3+. The van der Waals surface area contributed by atoms with Crippen molar-refractivity contribution < 1.29 is 22.6 Å². The SMILES string of the molecule is C/C=C/c1ccc(COc2ccc(-c3ccc(OCC)cc3F)cc2)c(F)c1F. The zero-order valence-electron chi connectivity index (χ0n) is 16.2. The number of halogens is 3. The third-order valence-electron chi connectivity index (χ3n) is 4.35. The van der Waals surface area contributed by atoms with Crippen molar-refractivity contribution in [1.82, 2.24) is 0 Å². The molecular weight excluding hydrogens is 377 g/mol. The normalized spacial score (nSPS) is 11.1. The molecule has 0 aliphatic heterocycles. The van der Waals surface area contributed by atoms with E-state index in [1.807, 2.05) is 6.92 Å². The van der Waals surface area contributed by atoms with Gasteiger partial charge >= 0.3 is 0 Å². The molecule has 0 fully saturated rings. The molecule has 0 bridgehead atoms. The van der Waals surface area contributed by atoms with Crippen LogP contribution in [0, 0.1) is 17.5 Å². The second kappa shape index (κ2) is 9.32. The number of benzene rings is 3. The molecule has 3 aromatic carbocycles. The maximum atomic E-state index is 14.3. The van der Waals surface area contributed by atoms with Crippen LogP contribution in [0.2, 0.25) is 0 Å². The van der Waals surface area contributed by atoms with Crippen LogP contribution in [0.1, 0.15) is 25.0 Å². The molecular formula is C24H21F3O2. The number of hydrogen-bond donors (Lipinski definition) is 0. The van der Waals surface area contributed by atoms with Crippen LogP contribution in [-0.2, 0) is 6.61 Å². The molecule has 0 atom stereocenters. The van der Waals surface area contributed by atoms with Gasteiger partial charge in [0.2, 0.25) is 0 Å². The summed E-state index contributed by atoms with van der Waals surface area (Å²) in [5.41, 5.74) is 1.42. The smallest absolute Gasteiger partial charge is 0.166 e. The van der Waals surface area contributed by atoms with E-state index < -0.39 is 11.6 Å². The lowest BCUT2D eigenvalue weighted by molar-refractivity contribution is 0.297. The fraction of sp³-hybridized carbons (Fsp3) is 0.167. The molecule has 0 unspecified atom stereocenters. The Hall–Kier alpha value is -3.21. The minimum atomic E-state index is -0.923. The Morgan fingerprint density at radius 3 is 2.21 bits per heavy atom. The Labute approximate surface area is 168 Å². The molecule has 0 N–H and O–H groups in total. The Bertz CT molecular complexity index is 1010. The molecule has 150 valence electrons. The predicted octanol–water partition coefficient (Wildman–Crippen LogP) is 6.78. The summed E-state index contributed by atoms with van der Waals surface area (Å²) in [7, 11) is 0. The van der Waals surface area contributed by atoms with Crippen molar-refractivity contribution in [3.8, 4) is 22.6 Å². The van der Waals surface area contributed by atoms with Crippen molar-refractivity contribution in [1.29, 1.82) is 0 Å². The van der Waals surface area contributed by atoms with E-state index in [4.69, 9.17) is 9.47 Å². The van der Waals surface area contributed by atoms with Crippen LogP contribution in [0.3, 0.4) is 0 Å². The van der Waals surface area contributed by atoms with Gasteiger partial charge < -0.3 is 9.47 Å². The molecule has 2 nitrogen and oxygen atoms in total. The molecule has 5 heteroatoms. The lowest BCUT2D eigenvalue weighted by atomic mass is 10.0. The maximum Gasteiger partial charge on any atom is 0.166 e. The van der Waals surface area contributed by atoms with Crippen LogP contribution in [0.25, 0.3) is 17.2 Å². The van der Waals surface area contributed by atoms with Crippen LogP contribution in [0.5, 0.6) is 11.5 Å². The van der Waals surface area contributed by atoms with E-state index in [0.29, 0.717) is 29.2 Å². The summed E-state index contributed by atoms with van der Waals surface area (Å²) < 4.78 is 53.3. The molecule has 0 saturated carbocycles. The summed E-state index contributed by atoms with van der Waals surface area (Å²) >= 11 is 0. The van der Waals surface area contributed by atoms with Gasteiger partial charge in [-0.05, 0) is 43.7 Å². The molecule has 0 heterocycles. The summed E-state index contributed by atoms with van der Waals surface area (Å²) in [6, 6.07) is 14.5. The summed E-state index contributed by atoms with van der Waals surface area (Å²) in [6.07, 6.45) is 3.14. The summed E-state index contributed by atoms with van der Waals surface area (Å²) in [5.74, 6) is -1.26. The highest BCUT2D eigenvalue weighted by molar-refractivity contribution is 5.65. The molecule has 0 aromatic heterocycles. The predicted molar refractivity (Wildman–Crippen MR) is 108 cm³/mol. The Kier molecular flexibility index (Phi) is 6.60. The van der Waals surface area contributed by atoms with E-state index in [2.05, 4.69) is 0 Å². The first-order chi connectivity index (χ1) is 14.0. The van der Waals surface area contributed by atoms with Crippen LogP contribution >= 0.6 is 0 Å². The average Bonchev–Trinajstić information content (AvgIpc) is 2.72. The van der Waals surface area contributed by atoms with Gasteiger partial charge in [0.25, 0.3) is 0 Å². The summed E-state index contributed by atoms with van der Waals surface area (Å²) in [5, 5.41) is 0. The quantitative estimate of drug-likeness (QED) is 0.437. The van der Waals surface area contributed by atoms with Crippen molar-refractivity contribution in [3.05, 3.63) is 89.3 Å². The first-order valence-electron chi connectivity index (χ1n) is 9.28. The van der Waals surface area contributed by atoms with Crippen molar-refractivity contribution in [2.45, 2.75) is 20.5 Å². The fourth-order valence-corrected chi connectivity index (χ4v) is 2.90. The van der Waals surface area contributed by atoms with E-state index in [1.54, 1.807) is 49.4 Å². The third kappa shape index (κ3) is 4.80. The number of allylic oxidation sites excluding steroid dienone is 1. The molecule has 0 saturated heterocycles. The topological polar surface area (TPSA) is 18.5 Å². The first-order valence-corrected chi connectivity index (χ1v) is 9.28. The summed E-state index contributed by atoms with van der Waals surface area (Å²) in [6.45, 7) is 3.92. The molecule has 0 amide bonds. The van der Waals surface area contributed by atoms with Gasteiger partial charge in [-0.1, -0.05) is 36.4 Å². The Morgan fingerprint density at radius 1 is 0.828 bits per heavy atom. The Balaban J connectivity index is 1.71. The van der Waals surface area contributed by atoms with Crippen molar-refractivity contribution in [3.63, 3.8) is 0 Å². The number of ether oxygens (including phenoxy) is 2. The molecule has 3 rings (SSSR count). The van der Waals surface area contributed by atoms with Crippen molar-refractivity contribution >= 4 is 6.08 Å². The van der Waals surface area contributed by atoms with Gasteiger partial charge in [-0.3, -0.25) is 0 Å². The molecule has 0 aliphatic rings. The minimum absolute atomic E-state index is 0.115. The summed E-state index contributed by atoms with van der Waals surface area (Å²) in [4.78, 5) is 0. The van der Waals surface area contributed by atoms with Gasteiger partial charge in [-0.25, -0.2) is 13.2 Å². The Morgan fingerprint density at radius 2 is 1.55 bits per heavy atom. The molecule has 0 spiro atoms. The van der Waals surface area contributed by atoms with Crippen molar-refractivity contribution in [2.24, 2.45) is 0 Å². The van der Waals surface area contributed by atoms with E-state index >= 15 is 0 Å². The van der Waals surface area contributed by atoms with Crippen LogP contribution in [-0.4, -0.2) is 6.61 Å². The van der Waals surface area contributed by atoms with Crippen LogP contribution in [0.4, 0.5) is 13.2 Å². The van der Waals surface area contributed by atoms with Gasteiger partial charge in [0, 0.05) is 22.8 Å². The van der Waals surface area contributed by atoms with Gasteiger partial charge in [0.15, 0.2) is 11.6 Å². The van der Waals surface area contributed by atoms with E-state index in [1.165, 1.54) is 24.3 Å². The van der Waals surface area contributed by atoms with E-state index in [-0.39, 0.29) is 23.6 Å². The lowest BCUT2D eigenvalue weighted by Gasteiger charge is -2.10. The highest BCUT2D eigenvalue weighted by Crippen LogP contribution is 2.28. The molecule has 0 aliphatic carbocycles. The van der Waals surface area contributed by atoms with Gasteiger partial charge in [-0.15, -0.1) is 0 Å². The fourth-order valence-electron chi connectivity index (χ4n) is 2.90. The zero-order valence-corrected chi connectivity index (χ0v) is 16.2. The van der Waals surface area contributed by atoms with Crippen LogP contribution in [0.15, 0.2) is 60.7 Å². The molecule has 3 aromatic rings. The highest BCUT2D eigenvalue weighted by Gasteiger charge is 2.13. The third-order valence-corrected chi connectivity index (χ3v) is 4.35. The van der Waals surface area contributed by atoms with Gasteiger partial charge in [-0.2, -0.15) is 0 Å². The van der Waals surface area contributed by atoms with E-state index in [9.17, 15) is 13.2 Å². The minimum Gasteiger partial charge on any atom is -0.494 e. The van der Waals surface area contributed by atoms with E-state index in [0.717, 1.165) is 0 Å². The lowest BCUT2D eigenvalue weighted by Crippen LogP contribution is -2.02. The largest absolute Gasteiger partial charge is 0.494 e. The van der Waals surface area contributed by atoms with Gasteiger partial charge in [0.1, 0.15) is 23.9 Å². The average molecular weight is 398 g/mol. The highest BCUT2D eigenvalue weighted by atomic mass is 19.2. The second-order valence-electron chi connectivity index (χ2n) is 6.33. The number of hydrogen-bond acceptors (Lipinski definition) is 2.